The molecule has 0 saturated heterocycles. The smallest absolute Gasteiger partial charge is 0.258 e. The van der Waals surface area contributed by atoms with Gasteiger partial charge in [0.25, 0.3) is 5.91 Å². The van der Waals surface area contributed by atoms with Gasteiger partial charge in [-0.05, 0) is 48.2 Å². The number of halogens is 1. The van der Waals surface area contributed by atoms with Crippen LogP contribution in [0.25, 0.3) is 0 Å². The van der Waals surface area contributed by atoms with Crippen LogP contribution in [0.1, 0.15) is 23.6 Å². The molecular weight excluding hydrogens is 281 g/mol. The van der Waals surface area contributed by atoms with E-state index >= 15 is 0 Å². The Balaban J connectivity index is 1.78. The molecule has 0 spiro atoms. The van der Waals surface area contributed by atoms with Gasteiger partial charge in [0.1, 0.15) is 11.6 Å². The summed E-state index contributed by atoms with van der Waals surface area (Å²) in [6.45, 7) is 4.01. The van der Waals surface area contributed by atoms with E-state index in [1.54, 1.807) is 19.1 Å². The number of ether oxygens (including phenoxy) is 1. The van der Waals surface area contributed by atoms with Gasteiger partial charge in [-0.3, -0.25) is 4.79 Å². The highest BCUT2D eigenvalue weighted by molar-refractivity contribution is 5.77. The first-order valence-electron chi connectivity index (χ1n) is 7.32. The lowest BCUT2D eigenvalue weighted by Gasteiger charge is -2.08. The first-order valence-corrected chi connectivity index (χ1v) is 7.32. The fraction of sp³-hybridized carbons (Fsp3) is 0.278. The van der Waals surface area contributed by atoms with Crippen molar-refractivity contribution in [1.29, 1.82) is 0 Å². The SMILES string of the molecule is CCc1ccc(OCC(=O)NCc2ccc(C)c(F)c2)cc1. The van der Waals surface area contributed by atoms with E-state index in [4.69, 9.17) is 4.74 Å². The molecule has 0 fully saturated rings. The van der Waals surface area contributed by atoms with E-state index < -0.39 is 0 Å². The topological polar surface area (TPSA) is 38.3 Å². The molecule has 2 rings (SSSR count). The number of carbonyl (C=O) groups is 1. The number of carbonyl (C=O) groups excluding carboxylic acids is 1. The molecule has 0 aliphatic rings. The summed E-state index contributed by atoms with van der Waals surface area (Å²) in [6.07, 6.45) is 0.966. The number of rotatable bonds is 6. The molecule has 0 unspecified atom stereocenters. The molecule has 116 valence electrons. The van der Waals surface area contributed by atoms with Gasteiger partial charge in [0.05, 0.1) is 0 Å². The summed E-state index contributed by atoms with van der Waals surface area (Å²) in [5, 5.41) is 2.71. The zero-order valence-electron chi connectivity index (χ0n) is 12.9. The van der Waals surface area contributed by atoms with Gasteiger partial charge in [-0.15, -0.1) is 0 Å². The molecule has 22 heavy (non-hydrogen) atoms. The first-order chi connectivity index (χ1) is 10.6. The average molecular weight is 301 g/mol. The predicted octanol–water partition coefficient (Wildman–Crippen LogP) is 3.39. The van der Waals surface area contributed by atoms with Gasteiger partial charge < -0.3 is 10.1 Å². The summed E-state index contributed by atoms with van der Waals surface area (Å²) in [6, 6.07) is 12.6. The molecule has 3 nitrogen and oxygen atoms in total. The van der Waals surface area contributed by atoms with Crippen LogP contribution >= 0.6 is 0 Å². The lowest BCUT2D eigenvalue weighted by Crippen LogP contribution is -2.28. The van der Waals surface area contributed by atoms with Crippen molar-refractivity contribution < 1.29 is 13.9 Å². The molecule has 2 aromatic carbocycles. The van der Waals surface area contributed by atoms with E-state index in [0.717, 1.165) is 12.0 Å². The molecule has 0 saturated carbocycles. The van der Waals surface area contributed by atoms with Gasteiger partial charge in [-0.1, -0.05) is 31.2 Å². The molecule has 1 N–H and O–H groups in total. The summed E-state index contributed by atoms with van der Waals surface area (Å²) in [5.74, 6) is 0.160. The maximum Gasteiger partial charge on any atom is 0.258 e. The van der Waals surface area contributed by atoms with Crippen molar-refractivity contribution in [2.75, 3.05) is 6.61 Å². The largest absolute Gasteiger partial charge is 0.484 e. The fourth-order valence-electron chi connectivity index (χ4n) is 1.97. The van der Waals surface area contributed by atoms with E-state index in [1.165, 1.54) is 11.6 Å². The number of benzene rings is 2. The monoisotopic (exact) mass is 301 g/mol. The van der Waals surface area contributed by atoms with Crippen LogP contribution in [-0.2, 0) is 17.8 Å². The van der Waals surface area contributed by atoms with Crippen LogP contribution in [0.15, 0.2) is 42.5 Å². The Morgan fingerprint density at radius 3 is 2.45 bits per heavy atom. The molecule has 0 aliphatic heterocycles. The summed E-state index contributed by atoms with van der Waals surface area (Å²) in [7, 11) is 0. The lowest BCUT2D eigenvalue weighted by molar-refractivity contribution is -0.123. The summed E-state index contributed by atoms with van der Waals surface area (Å²) in [5.41, 5.74) is 2.54. The molecule has 1 amide bonds. The van der Waals surface area contributed by atoms with Gasteiger partial charge >= 0.3 is 0 Å². The number of nitrogens with one attached hydrogen (secondary N) is 1. The van der Waals surface area contributed by atoms with Crippen molar-refractivity contribution >= 4 is 5.91 Å². The Morgan fingerprint density at radius 2 is 1.82 bits per heavy atom. The van der Waals surface area contributed by atoms with E-state index in [1.807, 2.05) is 24.3 Å². The third-order valence-corrected chi connectivity index (χ3v) is 3.43. The normalized spacial score (nSPS) is 10.3. The minimum Gasteiger partial charge on any atom is -0.484 e. The van der Waals surface area contributed by atoms with Crippen LogP contribution in [-0.4, -0.2) is 12.5 Å². The number of hydrogen-bond donors (Lipinski definition) is 1. The maximum atomic E-state index is 13.4. The van der Waals surface area contributed by atoms with Crippen LogP contribution in [0.4, 0.5) is 4.39 Å². The quantitative estimate of drug-likeness (QED) is 0.888. The van der Waals surface area contributed by atoms with E-state index in [-0.39, 0.29) is 24.9 Å². The van der Waals surface area contributed by atoms with Crippen molar-refractivity contribution in [3.8, 4) is 5.75 Å². The molecule has 0 aliphatic carbocycles. The van der Waals surface area contributed by atoms with E-state index in [0.29, 0.717) is 11.3 Å². The molecule has 0 heterocycles. The zero-order valence-corrected chi connectivity index (χ0v) is 12.9. The Labute approximate surface area is 130 Å². The summed E-state index contributed by atoms with van der Waals surface area (Å²) >= 11 is 0. The van der Waals surface area contributed by atoms with Crippen molar-refractivity contribution in [2.45, 2.75) is 26.8 Å². The molecular formula is C18H20FNO2. The standard InChI is InChI=1S/C18H20FNO2/c1-3-14-6-8-16(9-7-14)22-12-18(21)20-11-15-5-4-13(2)17(19)10-15/h4-10H,3,11-12H2,1-2H3,(H,20,21). The number of amides is 1. The minimum absolute atomic E-state index is 0.0557. The second kappa shape index (κ2) is 7.59. The van der Waals surface area contributed by atoms with Crippen molar-refractivity contribution in [3.63, 3.8) is 0 Å². The highest BCUT2D eigenvalue weighted by Crippen LogP contribution is 2.12. The lowest BCUT2D eigenvalue weighted by atomic mass is 10.1. The molecule has 4 heteroatoms. The second-order valence-electron chi connectivity index (χ2n) is 5.15. The maximum absolute atomic E-state index is 13.4. The Bertz CT molecular complexity index is 638. The van der Waals surface area contributed by atoms with E-state index in [9.17, 15) is 9.18 Å². The van der Waals surface area contributed by atoms with E-state index in [2.05, 4.69) is 12.2 Å². The Kier molecular flexibility index (Phi) is 5.53. The first kappa shape index (κ1) is 16.0. The molecule has 0 bridgehead atoms. The summed E-state index contributed by atoms with van der Waals surface area (Å²) < 4.78 is 18.8. The third-order valence-electron chi connectivity index (χ3n) is 3.43. The Morgan fingerprint density at radius 1 is 1.14 bits per heavy atom. The van der Waals surface area contributed by atoms with Gasteiger partial charge in [-0.25, -0.2) is 4.39 Å². The Hall–Kier alpha value is -2.36. The fourth-order valence-corrected chi connectivity index (χ4v) is 1.97. The van der Waals surface area contributed by atoms with Gasteiger partial charge in [0, 0.05) is 6.54 Å². The van der Waals surface area contributed by atoms with Crippen molar-refractivity contribution in [2.24, 2.45) is 0 Å². The molecule has 0 atom stereocenters. The molecule has 0 radical (unpaired) electrons. The van der Waals surface area contributed by atoms with Crippen LogP contribution in [0.5, 0.6) is 5.75 Å². The highest BCUT2D eigenvalue weighted by Gasteiger charge is 2.04. The minimum atomic E-state index is -0.265. The van der Waals surface area contributed by atoms with Crippen LogP contribution < -0.4 is 10.1 Å². The average Bonchev–Trinajstić information content (AvgIpc) is 2.54. The van der Waals surface area contributed by atoms with Crippen LogP contribution in [0.3, 0.4) is 0 Å². The molecule has 0 aromatic heterocycles. The molecule has 2 aromatic rings. The van der Waals surface area contributed by atoms with Gasteiger partial charge in [0.15, 0.2) is 6.61 Å². The number of hydrogen-bond acceptors (Lipinski definition) is 2. The second-order valence-corrected chi connectivity index (χ2v) is 5.15. The third kappa shape index (κ3) is 4.58. The number of aryl methyl sites for hydroxylation is 2. The highest BCUT2D eigenvalue weighted by atomic mass is 19.1. The predicted molar refractivity (Wildman–Crippen MR) is 84.3 cm³/mol. The van der Waals surface area contributed by atoms with Gasteiger partial charge in [0.2, 0.25) is 0 Å². The van der Waals surface area contributed by atoms with Crippen LogP contribution in [0.2, 0.25) is 0 Å². The summed E-state index contributed by atoms with van der Waals surface area (Å²) in [4.78, 5) is 11.7. The van der Waals surface area contributed by atoms with Crippen molar-refractivity contribution in [3.05, 3.63) is 65.0 Å². The van der Waals surface area contributed by atoms with Crippen molar-refractivity contribution in [1.82, 2.24) is 5.32 Å². The van der Waals surface area contributed by atoms with Crippen LogP contribution in [0, 0.1) is 12.7 Å². The van der Waals surface area contributed by atoms with Gasteiger partial charge in [-0.2, -0.15) is 0 Å². The zero-order chi connectivity index (χ0) is 15.9.